The molecule has 4 aliphatic rings. The molecule has 3 heterocycles. The molecule has 4 amide bonds. The molecule has 1 saturated heterocycles. The molecule has 0 spiro atoms. The van der Waals surface area contributed by atoms with Gasteiger partial charge in [0, 0.05) is 23.8 Å². The van der Waals surface area contributed by atoms with Crippen molar-refractivity contribution in [3.8, 4) is 17.5 Å². The van der Waals surface area contributed by atoms with E-state index in [4.69, 9.17) is 18.9 Å². The Bertz CT molecular complexity index is 2180. The molecule has 2 aliphatic carbocycles. The molecule has 2 saturated carbocycles. The molecule has 61 heavy (non-hydrogen) atoms. The Balaban J connectivity index is 1.38. The van der Waals surface area contributed by atoms with E-state index in [-0.39, 0.29) is 43.2 Å². The normalized spacial score (nSPS) is 28.6. The van der Waals surface area contributed by atoms with Gasteiger partial charge in [0.15, 0.2) is 0 Å². The summed E-state index contributed by atoms with van der Waals surface area (Å²) >= 11 is 0. The van der Waals surface area contributed by atoms with Crippen molar-refractivity contribution >= 4 is 44.6 Å². The van der Waals surface area contributed by atoms with Gasteiger partial charge in [-0.2, -0.15) is 18.2 Å². The van der Waals surface area contributed by atoms with E-state index in [0.717, 1.165) is 0 Å². The SMILES string of the molecule is COc1ccc2c(O[C@@H]3C[C@H]4C(=O)N[C@]5(C(=O)NS(=O)(=O)C6(C)CC6)CC5/C=C\CC[C@@H](C)C[C@@H](C)[C@H](NC(=O)OC(C)(C)C(F)(F)F)C(=O)N4C3)nc(OC(C)C)cc2c1. The minimum Gasteiger partial charge on any atom is -0.497 e. The van der Waals surface area contributed by atoms with Crippen LogP contribution in [0.2, 0.25) is 0 Å². The Morgan fingerprint density at radius 2 is 1.79 bits per heavy atom. The number of allylic oxidation sites excluding steroid dienone is 1. The Morgan fingerprint density at radius 1 is 1.08 bits per heavy atom. The number of rotatable bonds is 10. The highest BCUT2D eigenvalue weighted by Crippen LogP contribution is 2.48. The first-order valence-corrected chi connectivity index (χ1v) is 22.1. The molecule has 7 atom stereocenters. The number of nitrogens with zero attached hydrogens (tertiary/aromatic N) is 2. The Morgan fingerprint density at radius 3 is 2.43 bits per heavy atom. The largest absolute Gasteiger partial charge is 0.497 e. The van der Waals surface area contributed by atoms with Crippen molar-refractivity contribution in [1.82, 2.24) is 25.2 Å². The molecule has 336 valence electrons. The predicted octanol–water partition coefficient (Wildman–Crippen LogP) is 5.70. The minimum absolute atomic E-state index is 0.0512. The molecule has 19 heteroatoms. The van der Waals surface area contributed by atoms with Crippen molar-refractivity contribution < 1.29 is 59.7 Å². The molecule has 3 N–H and O–H groups in total. The van der Waals surface area contributed by atoms with Crippen LogP contribution in [0, 0.1) is 17.8 Å². The van der Waals surface area contributed by atoms with Gasteiger partial charge in [0.05, 0.1) is 24.5 Å². The number of nitrogens with one attached hydrogen (secondary N) is 3. The number of hydrogen-bond donors (Lipinski definition) is 3. The van der Waals surface area contributed by atoms with Crippen molar-refractivity contribution in [1.29, 1.82) is 0 Å². The second-order valence-electron chi connectivity index (χ2n) is 18.0. The average molecular weight is 880 g/mol. The van der Waals surface area contributed by atoms with Crippen LogP contribution in [0.25, 0.3) is 10.8 Å². The Labute approximate surface area is 353 Å². The maximum atomic E-state index is 14.9. The van der Waals surface area contributed by atoms with Crippen LogP contribution in [0.3, 0.4) is 0 Å². The van der Waals surface area contributed by atoms with Crippen LogP contribution in [0.15, 0.2) is 36.4 Å². The number of ether oxygens (including phenoxy) is 4. The molecule has 3 fully saturated rings. The van der Waals surface area contributed by atoms with Crippen molar-refractivity contribution in [3.05, 3.63) is 36.4 Å². The van der Waals surface area contributed by atoms with Gasteiger partial charge in [0.1, 0.15) is 29.5 Å². The summed E-state index contributed by atoms with van der Waals surface area (Å²) in [5, 5.41) is 6.41. The molecule has 0 radical (unpaired) electrons. The first-order chi connectivity index (χ1) is 28.4. The number of methoxy groups -OCH3 is 1. The van der Waals surface area contributed by atoms with Crippen LogP contribution in [0.5, 0.6) is 17.5 Å². The molecule has 6 rings (SSSR count). The van der Waals surface area contributed by atoms with Crippen LogP contribution in [0.1, 0.15) is 93.4 Å². The predicted molar refractivity (Wildman–Crippen MR) is 217 cm³/mol. The minimum atomic E-state index is -4.92. The first-order valence-electron chi connectivity index (χ1n) is 20.6. The lowest BCUT2D eigenvalue weighted by Crippen LogP contribution is -2.59. The smallest absolute Gasteiger partial charge is 0.427 e. The summed E-state index contributed by atoms with van der Waals surface area (Å²) in [6.07, 6.45) is -1.77. The first kappa shape index (κ1) is 45.7. The lowest BCUT2D eigenvalue weighted by molar-refractivity contribution is -0.244. The van der Waals surface area contributed by atoms with Crippen LogP contribution >= 0.6 is 0 Å². The van der Waals surface area contributed by atoms with E-state index in [0.29, 0.717) is 62.5 Å². The zero-order valence-corrected chi connectivity index (χ0v) is 36.5. The Hall–Kier alpha value is -4.81. The zero-order valence-electron chi connectivity index (χ0n) is 35.7. The number of fused-ring (bicyclic) bond motifs is 3. The fourth-order valence-electron chi connectivity index (χ4n) is 7.90. The van der Waals surface area contributed by atoms with E-state index in [1.54, 1.807) is 37.3 Å². The van der Waals surface area contributed by atoms with Gasteiger partial charge < -0.3 is 34.5 Å². The number of alkyl carbamates (subject to hydrolysis) is 1. The summed E-state index contributed by atoms with van der Waals surface area (Å²) in [7, 11) is -2.57. The van der Waals surface area contributed by atoms with Crippen molar-refractivity contribution in [2.75, 3.05) is 13.7 Å². The molecular formula is C42H56F3N5O10S. The van der Waals surface area contributed by atoms with Gasteiger partial charge in [-0.1, -0.05) is 26.0 Å². The van der Waals surface area contributed by atoms with Gasteiger partial charge in [0.25, 0.3) is 5.91 Å². The topological polar surface area (TPSA) is 192 Å². The number of carbonyl (C=O) groups is 4. The standard InChI is InChI=1S/C42H56F3N5O10S/c1-23(2)58-32-19-26-18-28(57-8)13-14-30(26)35(46-32)59-29-20-31-34(51)48-41(37(53)49-61(55,56)40(7)15-16-40)21-27(41)12-10-9-11-24(3)17-25(4)33(36(52)50(31)22-29)47-38(54)60-39(5,6)42(43,44)45/h10,12-14,18-19,23-25,27,29,31,33H,9,11,15-17,20-22H2,1-8H3,(H,47,54)(H,48,51)(H,49,53)/b12-10-/t24-,25-,27?,29-,31+,33+,41-/m1/s1. The van der Waals surface area contributed by atoms with Gasteiger partial charge in [-0.3, -0.25) is 19.1 Å². The highest BCUT2D eigenvalue weighted by Gasteiger charge is 2.63. The van der Waals surface area contributed by atoms with Gasteiger partial charge in [-0.25, -0.2) is 13.2 Å². The third-order valence-electron chi connectivity index (χ3n) is 12.2. The number of sulfonamides is 1. The zero-order chi connectivity index (χ0) is 44.9. The van der Waals surface area contributed by atoms with E-state index in [1.165, 1.54) is 18.9 Å². The highest BCUT2D eigenvalue weighted by atomic mass is 32.2. The number of hydrogen-bond acceptors (Lipinski definition) is 11. The van der Waals surface area contributed by atoms with Crippen molar-refractivity contribution in [2.24, 2.45) is 17.8 Å². The van der Waals surface area contributed by atoms with Gasteiger partial charge in [-0.15, -0.1) is 0 Å². The second-order valence-corrected chi connectivity index (χ2v) is 20.2. The molecule has 15 nitrogen and oxygen atoms in total. The molecule has 0 bridgehead atoms. The number of alkyl halides is 3. The summed E-state index contributed by atoms with van der Waals surface area (Å²) < 4.78 is 91.6. The monoisotopic (exact) mass is 879 g/mol. The Kier molecular flexibility index (Phi) is 12.6. The average Bonchev–Trinajstić information content (AvgIpc) is 4.04. The molecule has 2 aromatic rings. The van der Waals surface area contributed by atoms with Crippen LogP contribution in [-0.4, -0.2) is 102 Å². The fraction of sp³-hybridized carbons (Fsp3) is 0.643. The third kappa shape index (κ3) is 9.81. The summed E-state index contributed by atoms with van der Waals surface area (Å²) in [5.74, 6) is -2.86. The third-order valence-corrected chi connectivity index (χ3v) is 14.3. The van der Waals surface area contributed by atoms with E-state index in [2.05, 4.69) is 20.3 Å². The fourth-order valence-corrected chi connectivity index (χ4v) is 9.21. The number of amides is 4. The lowest BCUT2D eigenvalue weighted by atomic mass is 9.88. The van der Waals surface area contributed by atoms with E-state index in [1.807, 2.05) is 26.8 Å². The second kappa shape index (κ2) is 16.8. The summed E-state index contributed by atoms with van der Waals surface area (Å²) in [4.78, 5) is 62.5. The highest BCUT2D eigenvalue weighted by molar-refractivity contribution is 7.91. The number of carbonyl (C=O) groups excluding carboxylic acids is 4. The number of halogens is 3. The molecule has 1 unspecified atom stereocenters. The van der Waals surface area contributed by atoms with Gasteiger partial charge in [0.2, 0.25) is 39.2 Å². The maximum absolute atomic E-state index is 14.9. The van der Waals surface area contributed by atoms with Crippen LogP contribution < -0.4 is 29.6 Å². The van der Waals surface area contributed by atoms with Crippen LogP contribution in [0.4, 0.5) is 18.0 Å². The van der Waals surface area contributed by atoms with E-state index < -0.39 is 85.9 Å². The summed E-state index contributed by atoms with van der Waals surface area (Å²) in [5.41, 5.74) is -4.56. The lowest BCUT2D eigenvalue weighted by Gasteiger charge is -2.34. The summed E-state index contributed by atoms with van der Waals surface area (Å²) in [6.45, 7) is 9.94. The molecule has 1 aromatic carbocycles. The van der Waals surface area contributed by atoms with Gasteiger partial charge >= 0.3 is 12.3 Å². The van der Waals surface area contributed by atoms with Crippen LogP contribution in [-0.2, 0) is 29.1 Å². The molecular weight excluding hydrogens is 824 g/mol. The molecule has 1 aromatic heterocycles. The number of pyridine rings is 1. The van der Waals surface area contributed by atoms with Crippen molar-refractivity contribution in [3.63, 3.8) is 0 Å². The van der Waals surface area contributed by atoms with Gasteiger partial charge in [-0.05, 0) is 109 Å². The quantitative estimate of drug-likeness (QED) is 0.248. The number of benzene rings is 1. The van der Waals surface area contributed by atoms with E-state index in [9.17, 15) is 40.8 Å². The number of aromatic nitrogens is 1. The van der Waals surface area contributed by atoms with E-state index >= 15 is 0 Å². The maximum Gasteiger partial charge on any atom is 0.427 e. The molecule has 2 aliphatic heterocycles. The van der Waals surface area contributed by atoms with Crippen molar-refractivity contribution in [2.45, 2.75) is 140 Å². The summed E-state index contributed by atoms with van der Waals surface area (Å²) in [6, 6.07) is 4.11.